The highest BCUT2D eigenvalue weighted by molar-refractivity contribution is 6.31. The second-order valence-corrected chi connectivity index (χ2v) is 5.83. The lowest BCUT2D eigenvalue weighted by molar-refractivity contribution is -0.385. The average molecular weight is 425 g/mol. The zero-order valence-electron chi connectivity index (χ0n) is 13.1. The van der Waals surface area contributed by atoms with Crippen LogP contribution in [0.15, 0.2) is 18.2 Å². The standard InChI is InChI=1S/C14H17ClF3N3O2.2ClH/c15-12-2-1-10(21(22)23)9-11(12)13(3-4-14(16,17)18)20-7-5-19-6-8-20;;/h1-2,9,13,19H,3-8H2;2*1H/t13-;;/m0../s1. The fourth-order valence-electron chi connectivity index (χ4n) is 2.73. The number of benzene rings is 1. The van der Waals surface area contributed by atoms with Crippen LogP contribution in [0.25, 0.3) is 0 Å². The molecule has 1 heterocycles. The van der Waals surface area contributed by atoms with Crippen LogP contribution in [-0.2, 0) is 0 Å². The molecule has 0 saturated carbocycles. The Morgan fingerprint density at radius 1 is 1.28 bits per heavy atom. The van der Waals surface area contributed by atoms with E-state index >= 15 is 0 Å². The van der Waals surface area contributed by atoms with Gasteiger partial charge in [0.05, 0.1) is 4.92 Å². The Morgan fingerprint density at radius 2 is 1.88 bits per heavy atom. The molecule has 0 spiro atoms. The van der Waals surface area contributed by atoms with Gasteiger partial charge < -0.3 is 5.32 Å². The number of hydrogen-bond acceptors (Lipinski definition) is 4. The van der Waals surface area contributed by atoms with E-state index in [0.717, 1.165) is 0 Å². The van der Waals surface area contributed by atoms with E-state index in [-0.39, 0.29) is 41.9 Å². The molecule has 1 N–H and O–H groups in total. The normalized spacial score (nSPS) is 16.5. The molecule has 5 nitrogen and oxygen atoms in total. The molecule has 1 saturated heterocycles. The van der Waals surface area contributed by atoms with Gasteiger partial charge in [-0.3, -0.25) is 15.0 Å². The molecule has 1 fully saturated rings. The van der Waals surface area contributed by atoms with Crippen molar-refractivity contribution in [1.82, 2.24) is 10.2 Å². The monoisotopic (exact) mass is 423 g/mol. The number of halogens is 6. The van der Waals surface area contributed by atoms with Crippen molar-refractivity contribution in [3.8, 4) is 0 Å². The number of rotatable bonds is 5. The third-order valence-electron chi connectivity index (χ3n) is 3.84. The SMILES string of the molecule is Cl.Cl.O=[N+]([O-])c1ccc(Cl)c([C@H](CCC(F)(F)F)N2CCNCC2)c1. The van der Waals surface area contributed by atoms with E-state index in [1.165, 1.54) is 18.2 Å². The van der Waals surface area contributed by atoms with Crippen LogP contribution < -0.4 is 5.32 Å². The second kappa shape index (κ2) is 10.4. The van der Waals surface area contributed by atoms with Crippen LogP contribution in [0.2, 0.25) is 5.02 Å². The van der Waals surface area contributed by atoms with Crippen molar-refractivity contribution in [2.75, 3.05) is 26.2 Å². The van der Waals surface area contributed by atoms with Crippen LogP contribution in [0.5, 0.6) is 0 Å². The number of hydrogen-bond donors (Lipinski definition) is 1. The quantitative estimate of drug-likeness (QED) is 0.563. The summed E-state index contributed by atoms with van der Waals surface area (Å²) in [6, 6.07) is 3.32. The van der Waals surface area contributed by atoms with Gasteiger partial charge in [0.25, 0.3) is 5.69 Å². The van der Waals surface area contributed by atoms with Gasteiger partial charge in [-0.25, -0.2) is 0 Å². The van der Waals surface area contributed by atoms with E-state index in [4.69, 9.17) is 11.6 Å². The van der Waals surface area contributed by atoms with Crippen LogP contribution in [0.4, 0.5) is 18.9 Å². The van der Waals surface area contributed by atoms with Crippen molar-refractivity contribution < 1.29 is 18.1 Å². The zero-order valence-corrected chi connectivity index (χ0v) is 15.5. The summed E-state index contributed by atoms with van der Waals surface area (Å²) in [6.45, 7) is 2.47. The van der Waals surface area contributed by atoms with Crippen LogP contribution in [0, 0.1) is 10.1 Å². The van der Waals surface area contributed by atoms with E-state index < -0.39 is 23.6 Å². The van der Waals surface area contributed by atoms with E-state index in [0.29, 0.717) is 31.7 Å². The van der Waals surface area contributed by atoms with Gasteiger partial charge in [-0.05, 0) is 18.1 Å². The molecule has 144 valence electrons. The Morgan fingerprint density at radius 3 is 2.40 bits per heavy atom. The van der Waals surface area contributed by atoms with Gasteiger partial charge in [0, 0.05) is 55.8 Å². The number of nitro benzene ring substituents is 1. The molecule has 0 aromatic heterocycles. The molecule has 0 aliphatic carbocycles. The molecule has 1 aliphatic rings. The second-order valence-electron chi connectivity index (χ2n) is 5.42. The Kier molecular flexibility index (Phi) is 10.0. The first-order valence-corrected chi connectivity index (χ1v) is 7.61. The van der Waals surface area contributed by atoms with Crippen molar-refractivity contribution >= 4 is 42.1 Å². The summed E-state index contributed by atoms with van der Waals surface area (Å²) in [4.78, 5) is 12.3. The van der Waals surface area contributed by atoms with Gasteiger partial charge in [0.2, 0.25) is 0 Å². The van der Waals surface area contributed by atoms with Gasteiger partial charge in [-0.1, -0.05) is 11.6 Å². The predicted octanol–water partition coefficient (Wildman–Crippen LogP) is 4.38. The van der Waals surface area contributed by atoms with Crippen LogP contribution in [0.3, 0.4) is 0 Å². The van der Waals surface area contributed by atoms with Gasteiger partial charge in [0.15, 0.2) is 0 Å². The third-order valence-corrected chi connectivity index (χ3v) is 4.19. The summed E-state index contributed by atoms with van der Waals surface area (Å²) >= 11 is 6.12. The highest BCUT2D eigenvalue weighted by Crippen LogP contribution is 2.36. The highest BCUT2D eigenvalue weighted by Gasteiger charge is 2.32. The van der Waals surface area contributed by atoms with Gasteiger partial charge in [0.1, 0.15) is 0 Å². The van der Waals surface area contributed by atoms with Crippen molar-refractivity contribution in [3.05, 3.63) is 38.9 Å². The maximum absolute atomic E-state index is 12.6. The molecule has 25 heavy (non-hydrogen) atoms. The van der Waals surface area contributed by atoms with Crippen LogP contribution >= 0.6 is 36.4 Å². The van der Waals surface area contributed by atoms with E-state index in [1.807, 2.05) is 4.90 Å². The minimum absolute atomic E-state index is 0. The van der Waals surface area contributed by atoms with Gasteiger partial charge >= 0.3 is 6.18 Å². The molecule has 11 heteroatoms. The average Bonchev–Trinajstić information content (AvgIpc) is 2.49. The number of non-ortho nitro benzene ring substituents is 1. The maximum Gasteiger partial charge on any atom is 0.389 e. The number of piperazine rings is 1. The predicted molar refractivity (Wildman–Crippen MR) is 95.1 cm³/mol. The first-order valence-electron chi connectivity index (χ1n) is 7.23. The molecule has 1 aliphatic heterocycles. The van der Waals surface area contributed by atoms with Crippen LogP contribution in [0.1, 0.15) is 24.4 Å². The Hall–Kier alpha value is -0.800. The summed E-state index contributed by atoms with van der Waals surface area (Å²) in [5.74, 6) is 0. The van der Waals surface area contributed by atoms with Gasteiger partial charge in [-0.15, -0.1) is 24.8 Å². The number of nitrogens with one attached hydrogen (secondary N) is 1. The van der Waals surface area contributed by atoms with Crippen molar-refractivity contribution in [2.45, 2.75) is 25.1 Å². The van der Waals surface area contributed by atoms with Crippen molar-refractivity contribution in [1.29, 1.82) is 0 Å². The number of nitro groups is 1. The maximum atomic E-state index is 12.6. The summed E-state index contributed by atoms with van der Waals surface area (Å²) in [6.07, 6.45) is -5.41. The number of alkyl halides is 3. The summed E-state index contributed by atoms with van der Waals surface area (Å²) < 4.78 is 37.9. The molecule has 0 amide bonds. The minimum atomic E-state index is -4.28. The Bertz CT molecular complexity index is 570. The molecule has 1 atom stereocenters. The summed E-state index contributed by atoms with van der Waals surface area (Å²) in [5.41, 5.74) is 0.212. The fourth-order valence-corrected chi connectivity index (χ4v) is 2.97. The minimum Gasteiger partial charge on any atom is -0.314 e. The van der Waals surface area contributed by atoms with E-state index in [9.17, 15) is 23.3 Å². The van der Waals surface area contributed by atoms with E-state index in [1.54, 1.807) is 0 Å². The molecule has 1 aromatic rings. The zero-order chi connectivity index (χ0) is 17.0. The molecular formula is C14H19Cl3F3N3O2. The summed E-state index contributed by atoms with van der Waals surface area (Å²) in [5, 5.41) is 14.3. The smallest absolute Gasteiger partial charge is 0.314 e. The highest BCUT2D eigenvalue weighted by atomic mass is 35.5. The first kappa shape index (κ1) is 24.2. The van der Waals surface area contributed by atoms with Gasteiger partial charge in [-0.2, -0.15) is 13.2 Å². The van der Waals surface area contributed by atoms with Crippen molar-refractivity contribution in [2.24, 2.45) is 0 Å². The third kappa shape index (κ3) is 7.15. The Balaban J connectivity index is 0.00000288. The van der Waals surface area contributed by atoms with Crippen LogP contribution in [-0.4, -0.2) is 42.2 Å². The Labute approximate surface area is 160 Å². The molecule has 1 aromatic carbocycles. The molecule has 0 unspecified atom stereocenters. The fraction of sp³-hybridized carbons (Fsp3) is 0.571. The molecule has 0 radical (unpaired) electrons. The lowest BCUT2D eigenvalue weighted by Gasteiger charge is -2.35. The van der Waals surface area contributed by atoms with Crippen molar-refractivity contribution in [3.63, 3.8) is 0 Å². The number of nitrogens with zero attached hydrogens (tertiary/aromatic N) is 2. The lowest BCUT2D eigenvalue weighted by Crippen LogP contribution is -2.45. The summed E-state index contributed by atoms with van der Waals surface area (Å²) in [7, 11) is 0. The molecule has 0 bridgehead atoms. The van der Waals surface area contributed by atoms with E-state index in [2.05, 4.69) is 5.32 Å². The topological polar surface area (TPSA) is 58.4 Å². The largest absolute Gasteiger partial charge is 0.389 e. The molecular weight excluding hydrogens is 406 g/mol. The lowest BCUT2D eigenvalue weighted by atomic mass is 9.98. The first-order chi connectivity index (χ1) is 10.8. The molecule has 2 rings (SSSR count).